The summed E-state index contributed by atoms with van der Waals surface area (Å²) in [5, 5.41) is -0.113. The van der Waals surface area contributed by atoms with Crippen molar-refractivity contribution in [1.82, 2.24) is 0 Å². The van der Waals surface area contributed by atoms with Crippen molar-refractivity contribution in [3.05, 3.63) is 62.8 Å². The molecule has 2 aromatic rings. The molecule has 1 aliphatic heterocycles. The highest BCUT2D eigenvalue weighted by Crippen LogP contribution is 2.37. The fourth-order valence-corrected chi connectivity index (χ4v) is 2.92. The van der Waals surface area contributed by atoms with E-state index in [1.807, 2.05) is 0 Å². The second-order valence-corrected chi connectivity index (χ2v) is 6.52. The Bertz CT molecular complexity index is 1100. The minimum absolute atomic E-state index is 0.0237. The van der Waals surface area contributed by atoms with Crippen molar-refractivity contribution in [2.24, 2.45) is 4.99 Å². The molecule has 0 saturated heterocycles. The van der Waals surface area contributed by atoms with Crippen LogP contribution in [-0.2, 0) is 14.3 Å². The van der Waals surface area contributed by atoms with Crippen LogP contribution in [-0.4, -0.2) is 24.9 Å². The van der Waals surface area contributed by atoms with Gasteiger partial charge in [-0.05, 0) is 35.9 Å². The second-order valence-electron chi connectivity index (χ2n) is 5.71. The lowest BCUT2D eigenvalue weighted by Gasteiger charge is -2.10. The van der Waals surface area contributed by atoms with Crippen molar-refractivity contribution in [3.8, 4) is 11.5 Å². The Kier molecular flexibility index (Phi) is 5.86. The van der Waals surface area contributed by atoms with E-state index in [1.54, 1.807) is 0 Å². The number of hydrogen-bond acceptors (Lipinski definition) is 6. The van der Waals surface area contributed by atoms with Gasteiger partial charge in [0.1, 0.15) is 0 Å². The second kappa shape index (κ2) is 8.18. The van der Waals surface area contributed by atoms with Crippen LogP contribution >= 0.6 is 23.2 Å². The van der Waals surface area contributed by atoms with Crippen molar-refractivity contribution >= 4 is 47.1 Å². The van der Waals surface area contributed by atoms with Crippen LogP contribution in [0.1, 0.15) is 18.1 Å². The smallest absolute Gasteiger partial charge is 0.363 e. The van der Waals surface area contributed by atoms with Crippen molar-refractivity contribution in [1.29, 1.82) is 0 Å². The molecule has 0 aliphatic carbocycles. The van der Waals surface area contributed by atoms with Gasteiger partial charge in [0.05, 0.1) is 22.7 Å². The predicted octanol–water partition coefficient (Wildman–Crippen LogP) is 4.55. The van der Waals surface area contributed by atoms with Gasteiger partial charge in [-0.3, -0.25) is 4.79 Å². The SMILES string of the molecule is COc1cc(C=C2N=C(c3cc(F)c(F)cc3Cl)OC2=O)cc(Cl)c1OC(C)=O. The molecule has 10 heteroatoms. The first-order valence-electron chi connectivity index (χ1n) is 7.93. The molecule has 0 fully saturated rings. The summed E-state index contributed by atoms with van der Waals surface area (Å²) >= 11 is 12.0. The van der Waals surface area contributed by atoms with E-state index >= 15 is 0 Å². The average molecular weight is 442 g/mol. The van der Waals surface area contributed by atoms with Gasteiger partial charge in [-0.2, -0.15) is 0 Å². The van der Waals surface area contributed by atoms with E-state index in [2.05, 4.69) is 4.99 Å². The highest BCUT2D eigenvalue weighted by atomic mass is 35.5. The first-order chi connectivity index (χ1) is 13.7. The Morgan fingerprint density at radius 1 is 1.14 bits per heavy atom. The van der Waals surface area contributed by atoms with E-state index in [-0.39, 0.29) is 38.7 Å². The average Bonchev–Trinajstić information content (AvgIpc) is 3.00. The van der Waals surface area contributed by atoms with Crippen LogP contribution in [0, 0.1) is 11.6 Å². The molecule has 2 aromatic carbocycles. The Morgan fingerprint density at radius 3 is 2.48 bits per heavy atom. The molecule has 0 spiro atoms. The Labute approximate surface area is 173 Å². The summed E-state index contributed by atoms with van der Waals surface area (Å²) in [6.07, 6.45) is 1.33. The Morgan fingerprint density at radius 2 is 1.83 bits per heavy atom. The number of cyclic esters (lactones) is 1. The van der Waals surface area contributed by atoms with Gasteiger partial charge in [-0.1, -0.05) is 23.2 Å². The zero-order chi connectivity index (χ0) is 21.3. The Balaban J connectivity index is 2.01. The van der Waals surface area contributed by atoms with Crippen molar-refractivity contribution < 1.29 is 32.6 Å². The minimum Gasteiger partial charge on any atom is -0.493 e. The van der Waals surface area contributed by atoms with Crippen LogP contribution < -0.4 is 9.47 Å². The monoisotopic (exact) mass is 441 g/mol. The van der Waals surface area contributed by atoms with E-state index < -0.39 is 23.6 Å². The molecule has 0 amide bonds. The number of aliphatic imine (C=N–C) groups is 1. The lowest BCUT2D eigenvalue weighted by molar-refractivity contribution is -0.132. The third-order valence-corrected chi connectivity index (χ3v) is 4.26. The molecule has 3 rings (SSSR count). The van der Waals surface area contributed by atoms with Crippen LogP contribution in [0.15, 0.2) is 35.0 Å². The molecule has 0 unspecified atom stereocenters. The number of hydrogen-bond donors (Lipinski definition) is 0. The number of esters is 2. The summed E-state index contributed by atoms with van der Waals surface area (Å²) < 4.78 is 41.9. The normalized spacial score (nSPS) is 14.6. The first kappa shape index (κ1) is 20.8. The van der Waals surface area contributed by atoms with Crippen molar-refractivity contribution in [2.75, 3.05) is 7.11 Å². The van der Waals surface area contributed by atoms with Gasteiger partial charge in [0.25, 0.3) is 0 Å². The van der Waals surface area contributed by atoms with E-state index in [0.717, 1.165) is 12.1 Å². The Hall–Kier alpha value is -2.97. The van der Waals surface area contributed by atoms with Gasteiger partial charge in [0, 0.05) is 6.92 Å². The lowest BCUT2D eigenvalue weighted by atomic mass is 10.1. The van der Waals surface area contributed by atoms with Gasteiger partial charge in [0.15, 0.2) is 28.8 Å². The fourth-order valence-electron chi connectivity index (χ4n) is 2.43. The summed E-state index contributed by atoms with van der Waals surface area (Å²) in [5.74, 6) is -3.84. The van der Waals surface area contributed by atoms with Crippen molar-refractivity contribution in [2.45, 2.75) is 6.92 Å². The zero-order valence-electron chi connectivity index (χ0n) is 14.9. The largest absolute Gasteiger partial charge is 0.493 e. The summed E-state index contributed by atoms with van der Waals surface area (Å²) in [6.45, 7) is 1.21. The molecule has 0 N–H and O–H groups in total. The van der Waals surface area contributed by atoms with Crippen LogP contribution in [0.3, 0.4) is 0 Å². The molecule has 29 heavy (non-hydrogen) atoms. The molecule has 0 atom stereocenters. The van der Waals surface area contributed by atoms with Crippen LogP contribution in [0.5, 0.6) is 11.5 Å². The van der Waals surface area contributed by atoms with Gasteiger partial charge < -0.3 is 14.2 Å². The number of halogens is 4. The topological polar surface area (TPSA) is 74.2 Å². The third-order valence-electron chi connectivity index (χ3n) is 3.66. The van der Waals surface area contributed by atoms with Crippen molar-refractivity contribution in [3.63, 3.8) is 0 Å². The maximum absolute atomic E-state index is 13.5. The summed E-state index contributed by atoms with van der Waals surface area (Å²) in [5.41, 5.74) is 0.165. The number of nitrogens with zero attached hydrogens (tertiary/aromatic N) is 1. The van der Waals surface area contributed by atoms with E-state index in [9.17, 15) is 18.4 Å². The third kappa shape index (κ3) is 4.38. The van der Waals surface area contributed by atoms with E-state index in [0.29, 0.717) is 5.56 Å². The van der Waals surface area contributed by atoms with E-state index in [4.69, 9.17) is 37.4 Å². The summed E-state index contributed by atoms with van der Waals surface area (Å²) in [4.78, 5) is 27.3. The number of ether oxygens (including phenoxy) is 3. The molecule has 1 aliphatic rings. The number of rotatable bonds is 4. The van der Waals surface area contributed by atoms with Gasteiger partial charge >= 0.3 is 11.9 Å². The zero-order valence-corrected chi connectivity index (χ0v) is 16.4. The van der Waals surface area contributed by atoms with Gasteiger partial charge in [-0.25, -0.2) is 18.6 Å². The number of carbonyl (C=O) groups is 2. The van der Waals surface area contributed by atoms with Crippen LogP contribution in [0.25, 0.3) is 6.08 Å². The van der Waals surface area contributed by atoms with Crippen LogP contribution in [0.4, 0.5) is 8.78 Å². The standard InChI is InChI=1S/C19H11Cl2F2NO5/c1-8(25)28-17-12(21)3-9(5-16(17)27-2)4-15-19(26)29-18(24-15)10-6-13(22)14(23)7-11(10)20/h3-7H,1-2H3. The maximum Gasteiger partial charge on any atom is 0.363 e. The molecule has 0 radical (unpaired) electrons. The summed E-state index contributed by atoms with van der Waals surface area (Å²) in [7, 11) is 1.35. The van der Waals surface area contributed by atoms with Crippen LogP contribution in [0.2, 0.25) is 10.0 Å². The minimum atomic E-state index is -1.17. The van der Waals surface area contributed by atoms with Gasteiger partial charge in [-0.15, -0.1) is 0 Å². The molecule has 0 aromatic heterocycles. The quantitative estimate of drug-likeness (QED) is 0.301. The number of benzene rings is 2. The summed E-state index contributed by atoms with van der Waals surface area (Å²) in [6, 6.07) is 4.41. The highest BCUT2D eigenvalue weighted by molar-refractivity contribution is 6.34. The van der Waals surface area contributed by atoms with E-state index in [1.165, 1.54) is 32.2 Å². The molecule has 0 saturated carbocycles. The number of methoxy groups -OCH3 is 1. The predicted molar refractivity (Wildman–Crippen MR) is 101 cm³/mol. The maximum atomic E-state index is 13.5. The molecular weight excluding hydrogens is 431 g/mol. The van der Waals surface area contributed by atoms with Gasteiger partial charge in [0.2, 0.25) is 5.90 Å². The molecule has 1 heterocycles. The molecule has 6 nitrogen and oxygen atoms in total. The lowest BCUT2D eigenvalue weighted by Crippen LogP contribution is -2.07. The molecular formula is C19H11Cl2F2NO5. The first-order valence-corrected chi connectivity index (χ1v) is 8.68. The highest BCUT2D eigenvalue weighted by Gasteiger charge is 2.27. The number of carbonyl (C=O) groups excluding carboxylic acids is 2. The fraction of sp³-hybridized carbons (Fsp3) is 0.105. The molecule has 0 bridgehead atoms. The molecule has 150 valence electrons.